The molecule has 2 atom stereocenters. The van der Waals surface area contributed by atoms with Crippen molar-refractivity contribution in [3.05, 3.63) is 23.7 Å². The van der Waals surface area contributed by atoms with Crippen LogP contribution in [0.25, 0.3) is 0 Å². The predicted octanol–water partition coefficient (Wildman–Crippen LogP) is 2.99. The first-order valence-corrected chi connectivity index (χ1v) is 7.30. The summed E-state index contributed by atoms with van der Waals surface area (Å²) in [7, 11) is 0. The molecule has 3 rings (SSSR count). The largest absolute Gasteiger partial charge is 0.465 e. The maximum atomic E-state index is 5.90. The number of hydrogen-bond acceptors (Lipinski definition) is 3. The highest BCUT2D eigenvalue weighted by atomic mass is 16.5. The summed E-state index contributed by atoms with van der Waals surface area (Å²) in [6, 6.07) is 4.85. The summed E-state index contributed by atoms with van der Waals surface area (Å²) < 4.78 is 11.7. The molecule has 3 nitrogen and oxygen atoms in total. The van der Waals surface area contributed by atoms with E-state index >= 15 is 0 Å². The van der Waals surface area contributed by atoms with Crippen molar-refractivity contribution >= 4 is 0 Å². The topological polar surface area (TPSA) is 25.6 Å². The maximum Gasteiger partial charge on any atom is 0.118 e. The Balaban J connectivity index is 1.66. The number of furan rings is 1. The first-order chi connectivity index (χ1) is 8.86. The Hall–Kier alpha value is -0.800. The van der Waals surface area contributed by atoms with Gasteiger partial charge in [-0.1, -0.05) is 19.8 Å². The Bertz CT molecular complexity index is 386. The zero-order chi connectivity index (χ0) is 12.4. The first-order valence-electron chi connectivity index (χ1n) is 7.30. The van der Waals surface area contributed by atoms with Gasteiger partial charge < -0.3 is 9.15 Å². The second-order valence-corrected chi connectivity index (χ2v) is 5.45. The molecule has 0 amide bonds. The van der Waals surface area contributed by atoms with Crippen LogP contribution in [-0.2, 0) is 17.7 Å². The van der Waals surface area contributed by atoms with E-state index in [-0.39, 0.29) is 0 Å². The second kappa shape index (κ2) is 5.45. The molecule has 18 heavy (non-hydrogen) atoms. The molecule has 0 bridgehead atoms. The fourth-order valence-corrected chi connectivity index (χ4v) is 3.27. The highest BCUT2D eigenvalue weighted by Gasteiger charge is 2.34. The fraction of sp³-hybridized carbons (Fsp3) is 0.733. The van der Waals surface area contributed by atoms with Gasteiger partial charge in [-0.2, -0.15) is 0 Å². The Morgan fingerprint density at radius 1 is 1.22 bits per heavy atom. The Kier molecular flexibility index (Phi) is 3.71. The van der Waals surface area contributed by atoms with E-state index in [0.29, 0.717) is 12.1 Å². The average molecular weight is 249 g/mol. The van der Waals surface area contributed by atoms with E-state index in [1.807, 2.05) is 0 Å². The normalized spacial score (nSPS) is 29.2. The molecule has 0 N–H and O–H groups in total. The molecule has 0 aromatic carbocycles. The van der Waals surface area contributed by atoms with Crippen LogP contribution in [0.3, 0.4) is 0 Å². The lowest BCUT2D eigenvalue weighted by molar-refractivity contribution is -0.0926. The highest BCUT2D eigenvalue weighted by Crippen LogP contribution is 2.29. The summed E-state index contributed by atoms with van der Waals surface area (Å²) in [5.41, 5.74) is 0. The molecule has 1 saturated carbocycles. The van der Waals surface area contributed by atoms with Gasteiger partial charge >= 0.3 is 0 Å². The molecule has 0 unspecified atom stereocenters. The van der Waals surface area contributed by atoms with E-state index in [2.05, 4.69) is 24.0 Å². The van der Waals surface area contributed by atoms with E-state index in [1.165, 1.54) is 25.7 Å². The van der Waals surface area contributed by atoms with Gasteiger partial charge in [-0.15, -0.1) is 0 Å². The SMILES string of the molecule is CCc1ccc(CN2CCO[C@@H]3CCCC[C@H]32)o1. The third kappa shape index (κ3) is 2.47. The molecule has 100 valence electrons. The van der Waals surface area contributed by atoms with Crippen molar-refractivity contribution in [2.24, 2.45) is 0 Å². The molecule has 2 heterocycles. The lowest BCUT2D eigenvalue weighted by atomic mass is 9.90. The van der Waals surface area contributed by atoms with Gasteiger partial charge in [-0.25, -0.2) is 0 Å². The summed E-state index contributed by atoms with van der Waals surface area (Å²) in [5, 5.41) is 0. The second-order valence-electron chi connectivity index (χ2n) is 5.45. The van der Waals surface area contributed by atoms with Crippen LogP contribution in [0.5, 0.6) is 0 Å². The molecule has 0 spiro atoms. The zero-order valence-corrected chi connectivity index (χ0v) is 11.2. The van der Waals surface area contributed by atoms with Gasteiger partial charge in [0.25, 0.3) is 0 Å². The summed E-state index contributed by atoms with van der Waals surface area (Å²) in [6.07, 6.45) is 6.64. The highest BCUT2D eigenvalue weighted by molar-refractivity contribution is 5.07. The molecule has 1 aliphatic heterocycles. The van der Waals surface area contributed by atoms with Crippen LogP contribution in [-0.4, -0.2) is 30.2 Å². The minimum Gasteiger partial charge on any atom is -0.465 e. The molecule has 2 aliphatic rings. The first kappa shape index (κ1) is 12.2. The van der Waals surface area contributed by atoms with Crippen LogP contribution >= 0.6 is 0 Å². The minimum atomic E-state index is 0.466. The van der Waals surface area contributed by atoms with Gasteiger partial charge in [0.1, 0.15) is 11.5 Å². The average Bonchev–Trinajstić information content (AvgIpc) is 2.87. The number of rotatable bonds is 3. The van der Waals surface area contributed by atoms with Crippen molar-refractivity contribution in [1.82, 2.24) is 4.90 Å². The van der Waals surface area contributed by atoms with Crippen molar-refractivity contribution in [3.8, 4) is 0 Å². The van der Waals surface area contributed by atoms with Gasteiger partial charge in [-0.3, -0.25) is 4.90 Å². The molecule has 2 fully saturated rings. The summed E-state index contributed by atoms with van der Waals surface area (Å²) in [6.45, 7) is 5.00. The number of morpholine rings is 1. The van der Waals surface area contributed by atoms with E-state index in [0.717, 1.165) is 37.6 Å². The summed E-state index contributed by atoms with van der Waals surface area (Å²) in [5.74, 6) is 2.21. The maximum absolute atomic E-state index is 5.90. The molecule has 1 aliphatic carbocycles. The molecule has 0 radical (unpaired) electrons. The molecular formula is C15H23NO2. The van der Waals surface area contributed by atoms with Crippen LogP contribution in [0, 0.1) is 0 Å². The Morgan fingerprint density at radius 2 is 2.06 bits per heavy atom. The third-order valence-electron chi connectivity index (χ3n) is 4.27. The van der Waals surface area contributed by atoms with Crippen LogP contribution in [0.1, 0.15) is 44.1 Å². The Labute approximate surface area is 109 Å². The number of hydrogen-bond donors (Lipinski definition) is 0. The van der Waals surface area contributed by atoms with Crippen molar-refractivity contribution in [3.63, 3.8) is 0 Å². The van der Waals surface area contributed by atoms with Crippen molar-refractivity contribution in [2.45, 2.75) is 57.7 Å². The van der Waals surface area contributed by atoms with E-state index in [4.69, 9.17) is 9.15 Å². The number of nitrogens with zero attached hydrogens (tertiary/aromatic N) is 1. The monoisotopic (exact) mass is 249 g/mol. The van der Waals surface area contributed by atoms with E-state index in [9.17, 15) is 0 Å². The van der Waals surface area contributed by atoms with E-state index < -0.39 is 0 Å². The lowest BCUT2D eigenvalue weighted by Crippen LogP contribution is -2.52. The lowest BCUT2D eigenvalue weighted by Gasteiger charge is -2.43. The van der Waals surface area contributed by atoms with Gasteiger partial charge in [0.15, 0.2) is 0 Å². The molecule has 1 saturated heterocycles. The molecular weight excluding hydrogens is 226 g/mol. The predicted molar refractivity (Wildman–Crippen MR) is 70.5 cm³/mol. The van der Waals surface area contributed by atoms with Crippen LogP contribution < -0.4 is 0 Å². The zero-order valence-electron chi connectivity index (χ0n) is 11.2. The van der Waals surface area contributed by atoms with Crippen molar-refractivity contribution < 1.29 is 9.15 Å². The standard InChI is InChI=1S/C15H23NO2/c1-2-12-7-8-13(18-12)11-16-9-10-17-15-6-4-3-5-14(15)16/h7-8,14-15H,2-6,9-11H2,1H3/t14-,15-/m1/s1. The number of aryl methyl sites for hydroxylation is 1. The van der Waals surface area contributed by atoms with Crippen molar-refractivity contribution in [2.75, 3.05) is 13.2 Å². The van der Waals surface area contributed by atoms with Crippen LogP contribution in [0.4, 0.5) is 0 Å². The number of fused-ring (bicyclic) bond motifs is 1. The Morgan fingerprint density at radius 3 is 2.89 bits per heavy atom. The van der Waals surface area contributed by atoms with Gasteiger partial charge in [0.2, 0.25) is 0 Å². The van der Waals surface area contributed by atoms with E-state index in [1.54, 1.807) is 0 Å². The molecule has 1 aromatic heterocycles. The van der Waals surface area contributed by atoms with Crippen LogP contribution in [0.15, 0.2) is 16.5 Å². The minimum absolute atomic E-state index is 0.466. The number of ether oxygens (including phenoxy) is 1. The van der Waals surface area contributed by atoms with Crippen LogP contribution in [0.2, 0.25) is 0 Å². The molecule has 1 aromatic rings. The summed E-state index contributed by atoms with van der Waals surface area (Å²) >= 11 is 0. The van der Waals surface area contributed by atoms with Gasteiger partial charge in [0, 0.05) is 19.0 Å². The summed E-state index contributed by atoms with van der Waals surface area (Å²) in [4.78, 5) is 2.56. The van der Waals surface area contributed by atoms with Crippen molar-refractivity contribution in [1.29, 1.82) is 0 Å². The quantitative estimate of drug-likeness (QED) is 0.823. The fourth-order valence-electron chi connectivity index (χ4n) is 3.27. The smallest absolute Gasteiger partial charge is 0.118 e. The van der Waals surface area contributed by atoms with Gasteiger partial charge in [-0.05, 0) is 25.0 Å². The van der Waals surface area contributed by atoms with Gasteiger partial charge in [0.05, 0.1) is 19.3 Å². The molecule has 3 heteroatoms. The third-order valence-corrected chi connectivity index (χ3v) is 4.27.